The van der Waals surface area contributed by atoms with E-state index in [1.54, 1.807) is 31.1 Å². The average molecular weight is 523 g/mol. The molecular formula is C22H30IN5O2. The lowest BCUT2D eigenvalue weighted by molar-refractivity contribution is 0.0827. The molecule has 0 bridgehead atoms. The second kappa shape index (κ2) is 13.6. The summed E-state index contributed by atoms with van der Waals surface area (Å²) < 4.78 is 0. The molecule has 0 spiro atoms. The number of carbonyl (C=O) groups excluding carboxylic acids is 2. The molecule has 8 heteroatoms. The minimum atomic E-state index is -0.0956. The monoisotopic (exact) mass is 523 g/mol. The van der Waals surface area contributed by atoms with E-state index in [0.29, 0.717) is 36.7 Å². The molecular weight excluding hydrogens is 493 g/mol. The molecule has 0 aliphatic carbocycles. The van der Waals surface area contributed by atoms with Crippen LogP contribution >= 0.6 is 24.0 Å². The topological polar surface area (TPSA) is 85.8 Å². The number of nitrogens with one attached hydrogen (secondary N) is 3. The van der Waals surface area contributed by atoms with E-state index in [-0.39, 0.29) is 35.8 Å². The Morgan fingerprint density at radius 1 is 0.867 bits per heavy atom. The zero-order chi connectivity index (χ0) is 21.1. The maximum absolute atomic E-state index is 12.0. The lowest BCUT2D eigenvalue weighted by Crippen LogP contribution is -2.41. The molecule has 7 nitrogen and oxygen atoms in total. The average Bonchev–Trinajstić information content (AvgIpc) is 2.75. The van der Waals surface area contributed by atoms with Crippen molar-refractivity contribution in [3.63, 3.8) is 0 Å². The van der Waals surface area contributed by atoms with Crippen molar-refractivity contribution < 1.29 is 9.59 Å². The summed E-state index contributed by atoms with van der Waals surface area (Å²) in [6.45, 7) is 4.26. The molecule has 0 aliphatic rings. The van der Waals surface area contributed by atoms with Gasteiger partial charge in [-0.2, -0.15) is 0 Å². The number of benzene rings is 2. The lowest BCUT2D eigenvalue weighted by Gasteiger charge is -2.12. The van der Waals surface area contributed by atoms with Gasteiger partial charge >= 0.3 is 0 Å². The maximum Gasteiger partial charge on any atom is 0.253 e. The Hall–Kier alpha value is -2.62. The number of aliphatic imine (C=N–C) groups is 1. The third kappa shape index (κ3) is 8.40. The Bertz CT molecular complexity index is 823. The Morgan fingerprint density at radius 2 is 1.50 bits per heavy atom. The van der Waals surface area contributed by atoms with Crippen molar-refractivity contribution in [2.75, 3.05) is 33.7 Å². The predicted molar refractivity (Wildman–Crippen MR) is 131 cm³/mol. The van der Waals surface area contributed by atoms with Gasteiger partial charge in [-0.25, -0.2) is 4.99 Å². The molecule has 0 heterocycles. The molecule has 0 atom stereocenters. The molecule has 2 amide bonds. The number of halogens is 1. The van der Waals surface area contributed by atoms with E-state index >= 15 is 0 Å². The van der Waals surface area contributed by atoms with E-state index in [9.17, 15) is 9.59 Å². The van der Waals surface area contributed by atoms with Gasteiger partial charge in [-0.3, -0.25) is 9.59 Å². The van der Waals surface area contributed by atoms with Gasteiger partial charge in [0, 0.05) is 44.9 Å². The first-order valence-corrected chi connectivity index (χ1v) is 9.67. The SMILES string of the molecule is CCNC(=NCc1ccc(C(=O)N(C)C)cc1)NCCNC(=O)c1ccccc1.I. The van der Waals surface area contributed by atoms with Gasteiger partial charge < -0.3 is 20.9 Å². The summed E-state index contributed by atoms with van der Waals surface area (Å²) in [6, 6.07) is 16.6. The third-order valence-electron chi connectivity index (χ3n) is 4.11. The van der Waals surface area contributed by atoms with Gasteiger partial charge in [-0.1, -0.05) is 30.3 Å². The van der Waals surface area contributed by atoms with Gasteiger partial charge in [0.25, 0.3) is 11.8 Å². The van der Waals surface area contributed by atoms with Crippen LogP contribution in [0.5, 0.6) is 0 Å². The molecule has 30 heavy (non-hydrogen) atoms. The van der Waals surface area contributed by atoms with Crippen LogP contribution in [0.3, 0.4) is 0 Å². The number of guanidine groups is 1. The predicted octanol–water partition coefficient (Wildman–Crippen LogP) is 2.49. The van der Waals surface area contributed by atoms with Crippen molar-refractivity contribution in [1.82, 2.24) is 20.9 Å². The smallest absolute Gasteiger partial charge is 0.253 e. The van der Waals surface area contributed by atoms with Crippen LogP contribution in [-0.2, 0) is 6.54 Å². The van der Waals surface area contributed by atoms with E-state index in [1.165, 1.54) is 0 Å². The molecule has 0 aromatic heterocycles. The summed E-state index contributed by atoms with van der Waals surface area (Å²) in [4.78, 5) is 30.1. The molecule has 0 radical (unpaired) electrons. The van der Waals surface area contributed by atoms with Crippen LogP contribution in [0.15, 0.2) is 59.6 Å². The van der Waals surface area contributed by atoms with Crippen molar-refractivity contribution in [2.24, 2.45) is 4.99 Å². The van der Waals surface area contributed by atoms with Gasteiger partial charge in [0.15, 0.2) is 5.96 Å². The fourth-order valence-corrected chi connectivity index (χ4v) is 2.57. The van der Waals surface area contributed by atoms with Crippen LogP contribution in [0.2, 0.25) is 0 Å². The number of carbonyl (C=O) groups is 2. The fraction of sp³-hybridized carbons (Fsp3) is 0.318. The summed E-state index contributed by atoms with van der Waals surface area (Å²) in [5, 5.41) is 9.26. The van der Waals surface area contributed by atoms with Gasteiger partial charge in [0.05, 0.1) is 6.54 Å². The first-order chi connectivity index (χ1) is 14.0. The highest BCUT2D eigenvalue weighted by Crippen LogP contribution is 2.07. The van der Waals surface area contributed by atoms with E-state index in [1.807, 2.05) is 49.4 Å². The molecule has 2 rings (SSSR count). The molecule has 0 saturated carbocycles. The van der Waals surface area contributed by atoms with Crippen molar-refractivity contribution in [3.05, 3.63) is 71.3 Å². The quantitative estimate of drug-likeness (QED) is 0.215. The van der Waals surface area contributed by atoms with Gasteiger partial charge in [-0.05, 0) is 36.8 Å². The van der Waals surface area contributed by atoms with E-state index in [2.05, 4.69) is 20.9 Å². The first kappa shape index (κ1) is 25.4. The summed E-state index contributed by atoms with van der Waals surface area (Å²) in [7, 11) is 3.47. The van der Waals surface area contributed by atoms with Crippen LogP contribution in [0.1, 0.15) is 33.2 Å². The lowest BCUT2D eigenvalue weighted by atomic mass is 10.1. The Kier molecular flexibility index (Phi) is 11.5. The highest BCUT2D eigenvalue weighted by molar-refractivity contribution is 14.0. The molecule has 0 unspecified atom stereocenters. The second-order valence-corrected chi connectivity index (χ2v) is 6.64. The number of amides is 2. The molecule has 3 N–H and O–H groups in total. The minimum Gasteiger partial charge on any atom is -0.357 e. The largest absolute Gasteiger partial charge is 0.357 e. The molecule has 2 aromatic rings. The maximum atomic E-state index is 12.0. The van der Waals surface area contributed by atoms with Crippen molar-refractivity contribution in [2.45, 2.75) is 13.5 Å². The molecule has 0 fully saturated rings. The van der Waals surface area contributed by atoms with Gasteiger partial charge in [-0.15, -0.1) is 24.0 Å². The van der Waals surface area contributed by atoms with E-state index in [0.717, 1.165) is 12.1 Å². The second-order valence-electron chi connectivity index (χ2n) is 6.64. The zero-order valence-corrected chi connectivity index (χ0v) is 20.0. The van der Waals surface area contributed by atoms with Crippen molar-refractivity contribution >= 4 is 41.8 Å². The third-order valence-corrected chi connectivity index (χ3v) is 4.11. The van der Waals surface area contributed by atoms with Crippen LogP contribution in [0.25, 0.3) is 0 Å². The highest BCUT2D eigenvalue weighted by Gasteiger charge is 2.07. The molecule has 0 saturated heterocycles. The van der Waals surface area contributed by atoms with E-state index in [4.69, 9.17) is 0 Å². The Balaban J connectivity index is 0.00000450. The Morgan fingerprint density at radius 3 is 2.10 bits per heavy atom. The van der Waals surface area contributed by atoms with Crippen LogP contribution < -0.4 is 16.0 Å². The van der Waals surface area contributed by atoms with E-state index < -0.39 is 0 Å². The van der Waals surface area contributed by atoms with Crippen molar-refractivity contribution in [1.29, 1.82) is 0 Å². The van der Waals surface area contributed by atoms with Crippen molar-refractivity contribution in [3.8, 4) is 0 Å². The summed E-state index contributed by atoms with van der Waals surface area (Å²) >= 11 is 0. The highest BCUT2D eigenvalue weighted by atomic mass is 127. The minimum absolute atomic E-state index is 0. The van der Waals surface area contributed by atoms with Crippen LogP contribution in [-0.4, -0.2) is 56.4 Å². The van der Waals surface area contributed by atoms with Gasteiger partial charge in [0.1, 0.15) is 0 Å². The summed E-state index contributed by atoms with van der Waals surface area (Å²) in [5.41, 5.74) is 2.31. The first-order valence-electron chi connectivity index (χ1n) is 9.67. The number of rotatable bonds is 8. The fourth-order valence-electron chi connectivity index (χ4n) is 2.57. The molecule has 2 aromatic carbocycles. The molecule has 0 aliphatic heterocycles. The Labute approximate surface area is 195 Å². The normalized spacial score (nSPS) is 10.6. The van der Waals surface area contributed by atoms with Gasteiger partial charge in [0.2, 0.25) is 0 Å². The zero-order valence-electron chi connectivity index (χ0n) is 17.6. The van der Waals surface area contributed by atoms with Crippen LogP contribution in [0.4, 0.5) is 0 Å². The number of nitrogens with zero attached hydrogens (tertiary/aromatic N) is 2. The number of hydrogen-bond acceptors (Lipinski definition) is 3. The summed E-state index contributed by atoms with van der Waals surface area (Å²) in [6.07, 6.45) is 0. The summed E-state index contributed by atoms with van der Waals surface area (Å²) in [5.74, 6) is 0.559. The van der Waals surface area contributed by atoms with Crippen LogP contribution in [0, 0.1) is 0 Å². The number of hydrogen-bond donors (Lipinski definition) is 3. The standard InChI is InChI=1S/C22H29N5O2.HI/c1-4-23-22(25-15-14-24-20(28)18-8-6-5-7-9-18)26-16-17-10-12-19(13-11-17)21(29)27(2)3;/h5-13H,4,14-16H2,1-3H3,(H,24,28)(H2,23,25,26);1H. The molecule has 162 valence electrons.